The van der Waals surface area contributed by atoms with Crippen molar-refractivity contribution in [2.24, 2.45) is 0 Å². The molecule has 4 heterocycles. The Hall–Kier alpha value is -3.58. The highest BCUT2D eigenvalue weighted by Gasteiger charge is 2.36. The number of likely N-dealkylation sites (N-methyl/N-ethyl adjacent to an activating group) is 1. The maximum absolute atomic E-state index is 13.1. The van der Waals surface area contributed by atoms with Gasteiger partial charge in [0.25, 0.3) is 0 Å². The minimum atomic E-state index is -0.597. The number of nitriles is 1. The van der Waals surface area contributed by atoms with Gasteiger partial charge >= 0.3 is 12.1 Å². The largest absolute Gasteiger partial charge is 0.462 e. The van der Waals surface area contributed by atoms with E-state index in [0.29, 0.717) is 44.8 Å². The topological polar surface area (TPSA) is 98.1 Å². The number of carbonyl (C=O) groups is 1. The number of anilines is 2. The lowest BCUT2D eigenvalue weighted by atomic mass is 9.89. The maximum Gasteiger partial charge on any atom is 0.410 e. The molecule has 1 aromatic heterocycles. The van der Waals surface area contributed by atoms with Gasteiger partial charge in [-0.25, -0.2) is 4.79 Å². The van der Waals surface area contributed by atoms with E-state index >= 15 is 0 Å². The van der Waals surface area contributed by atoms with Crippen LogP contribution in [0.1, 0.15) is 75.3 Å². The smallest absolute Gasteiger partial charge is 0.410 e. The fraction of sp³-hybridized carbons (Fsp3) is 0.647. The lowest BCUT2D eigenvalue weighted by molar-refractivity contribution is 0.0144. The third-order valence-electron chi connectivity index (χ3n) is 9.55. The molecule has 0 saturated carbocycles. The predicted molar refractivity (Wildman–Crippen MR) is 170 cm³/mol. The van der Waals surface area contributed by atoms with Crippen LogP contribution in [0.3, 0.4) is 0 Å². The van der Waals surface area contributed by atoms with E-state index < -0.39 is 5.60 Å². The molecule has 2 aromatic rings. The van der Waals surface area contributed by atoms with Crippen molar-refractivity contribution >= 4 is 17.6 Å². The quantitative estimate of drug-likeness (QED) is 0.465. The molecule has 10 nitrogen and oxygen atoms in total. The summed E-state index contributed by atoms with van der Waals surface area (Å²) in [6, 6.07) is 9.54. The number of hydrogen-bond donors (Lipinski definition) is 0. The van der Waals surface area contributed by atoms with Crippen LogP contribution in [0.2, 0.25) is 0 Å². The van der Waals surface area contributed by atoms with Crippen LogP contribution in [0, 0.1) is 11.3 Å². The normalized spacial score (nSPS) is 22.3. The van der Waals surface area contributed by atoms with Crippen molar-refractivity contribution in [3.05, 3.63) is 40.6 Å². The number of likely N-dealkylation sites (tertiary alicyclic amines) is 1. The molecule has 3 aliphatic heterocycles. The number of benzene rings is 1. The van der Waals surface area contributed by atoms with Crippen LogP contribution in [0.25, 0.3) is 0 Å². The summed E-state index contributed by atoms with van der Waals surface area (Å²) in [5.41, 5.74) is 5.88. The number of carbonyl (C=O) groups excluding carboxylic acids is 1. The average molecular weight is 602 g/mol. The van der Waals surface area contributed by atoms with Crippen LogP contribution in [-0.2, 0) is 30.5 Å². The van der Waals surface area contributed by atoms with E-state index in [1.807, 2.05) is 20.8 Å². The second-order valence-corrected chi connectivity index (χ2v) is 13.8. The number of amides is 1. The molecule has 236 valence electrons. The van der Waals surface area contributed by atoms with Crippen LogP contribution >= 0.6 is 0 Å². The SMILES string of the molecule is CN1CCC[C@H]1COc1nc2c(c(N3CCN(C(=O)OC(C)(C)C)C(CC#N)C3)n1)CCN(c1cccc3c1CCCC3)C2. The number of piperazine rings is 1. The van der Waals surface area contributed by atoms with Gasteiger partial charge in [0.15, 0.2) is 0 Å². The van der Waals surface area contributed by atoms with Crippen molar-refractivity contribution in [1.29, 1.82) is 5.26 Å². The first-order valence-corrected chi connectivity index (χ1v) is 16.4. The van der Waals surface area contributed by atoms with Crippen LogP contribution < -0.4 is 14.5 Å². The third-order valence-corrected chi connectivity index (χ3v) is 9.55. The van der Waals surface area contributed by atoms with Gasteiger partial charge in [-0.05, 0) is 96.5 Å². The Bertz CT molecular complexity index is 1400. The summed E-state index contributed by atoms with van der Waals surface area (Å²) in [6.07, 6.45) is 7.79. The van der Waals surface area contributed by atoms with Crippen LogP contribution in [0.4, 0.5) is 16.3 Å². The molecule has 0 N–H and O–H groups in total. The van der Waals surface area contributed by atoms with Crippen molar-refractivity contribution in [2.45, 2.75) is 96.4 Å². The monoisotopic (exact) mass is 601 g/mol. The van der Waals surface area contributed by atoms with Crippen LogP contribution in [0.15, 0.2) is 18.2 Å². The van der Waals surface area contributed by atoms with Crippen molar-refractivity contribution in [3.8, 4) is 12.1 Å². The molecule has 1 unspecified atom stereocenters. The Morgan fingerprint density at radius 1 is 1.00 bits per heavy atom. The highest BCUT2D eigenvalue weighted by atomic mass is 16.6. The first kappa shape index (κ1) is 30.4. The number of ether oxygens (including phenoxy) is 2. The minimum Gasteiger partial charge on any atom is -0.462 e. The van der Waals surface area contributed by atoms with E-state index in [4.69, 9.17) is 19.4 Å². The van der Waals surface area contributed by atoms with E-state index in [9.17, 15) is 10.1 Å². The summed E-state index contributed by atoms with van der Waals surface area (Å²) in [7, 11) is 2.15. The Balaban J connectivity index is 1.29. The Labute approximate surface area is 261 Å². The number of rotatable bonds is 6. The summed E-state index contributed by atoms with van der Waals surface area (Å²) >= 11 is 0. The van der Waals surface area contributed by atoms with Gasteiger partial charge in [0.1, 0.15) is 18.0 Å². The van der Waals surface area contributed by atoms with E-state index in [2.05, 4.69) is 46.0 Å². The average Bonchev–Trinajstić information content (AvgIpc) is 3.42. The van der Waals surface area contributed by atoms with E-state index in [1.54, 1.807) is 4.90 Å². The van der Waals surface area contributed by atoms with Gasteiger partial charge in [-0.3, -0.25) is 0 Å². The number of hydrogen-bond acceptors (Lipinski definition) is 9. The summed E-state index contributed by atoms with van der Waals surface area (Å²) in [6.45, 7) is 10.4. The molecular weight excluding hydrogens is 554 g/mol. The van der Waals surface area contributed by atoms with Crippen molar-refractivity contribution in [3.63, 3.8) is 0 Å². The van der Waals surface area contributed by atoms with Crippen LogP contribution in [0.5, 0.6) is 6.01 Å². The zero-order chi connectivity index (χ0) is 30.8. The standard InChI is InChI=1S/C34H47N7O3/c1-34(2,3)44-33(42)41-20-19-40(21-25(41)14-16-35)31-28-15-18-39(30-13-7-10-24-9-5-6-12-27(24)30)22-29(28)36-32(37-31)43-23-26-11-8-17-38(26)4/h7,10,13,25-26H,5-6,8-9,11-12,14-15,17-23H2,1-4H3/t25?,26-/m0/s1. The highest BCUT2D eigenvalue weighted by molar-refractivity contribution is 5.69. The molecule has 1 aromatic carbocycles. The molecule has 0 spiro atoms. The van der Waals surface area contributed by atoms with Gasteiger partial charge in [0, 0.05) is 43.5 Å². The van der Waals surface area contributed by atoms with Gasteiger partial charge in [0.2, 0.25) is 0 Å². The van der Waals surface area contributed by atoms with Crippen molar-refractivity contribution < 1.29 is 14.3 Å². The molecule has 1 aliphatic carbocycles. The maximum atomic E-state index is 13.1. The van der Waals surface area contributed by atoms with Gasteiger partial charge in [0.05, 0.1) is 30.8 Å². The van der Waals surface area contributed by atoms with Crippen molar-refractivity contribution in [1.82, 2.24) is 19.8 Å². The molecule has 2 atom stereocenters. The molecule has 1 amide bonds. The van der Waals surface area contributed by atoms with Crippen LogP contribution in [-0.4, -0.2) is 89.9 Å². The number of aryl methyl sites for hydroxylation is 1. The lowest BCUT2D eigenvalue weighted by Gasteiger charge is -2.42. The van der Waals surface area contributed by atoms with Gasteiger partial charge < -0.3 is 29.1 Å². The molecule has 6 rings (SSSR count). The summed E-state index contributed by atoms with van der Waals surface area (Å²) in [5.74, 6) is 0.881. The molecule has 0 bridgehead atoms. The summed E-state index contributed by atoms with van der Waals surface area (Å²) in [4.78, 5) is 31.9. The second kappa shape index (κ2) is 12.8. The Kier molecular flexibility index (Phi) is 8.86. The fourth-order valence-corrected chi connectivity index (χ4v) is 7.23. The van der Waals surface area contributed by atoms with Gasteiger partial charge in [-0.1, -0.05) is 12.1 Å². The van der Waals surface area contributed by atoms with E-state index in [0.717, 1.165) is 55.8 Å². The van der Waals surface area contributed by atoms with E-state index in [1.165, 1.54) is 36.1 Å². The second-order valence-electron chi connectivity index (χ2n) is 13.8. The molecule has 2 saturated heterocycles. The molecular formula is C34H47N7O3. The zero-order valence-electron chi connectivity index (χ0n) is 26.8. The zero-order valence-corrected chi connectivity index (χ0v) is 26.8. The molecule has 44 heavy (non-hydrogen) atoms. The summed E-state index contributed by atoms with van der Waals surface area (Å²) < 4.78 is 12.0. The molecule has 2 fully saturated rings. The predicted octanol–water partition coefficient (Wildman–Crippen LogP) is 4.73. The number of fused-ring (bicyclic) bond motifs is 2. The molecule has 4 aliphatic rings. The van der Waals surface area contributed by atoms with Gasteiger partial charge in [-0.2, -0.15) is 15.2 Å². The Morgan fingerprint density at radius 3 is 2.61 bits per heavy atom. The minimum absolute atomic E-state index is 0.229. The Morgan fingerprint density at radius 2 is 1.84 bits per heavy atom. The first-order chi connectivity index (χ1) is 21.2. The summed E-state index contributed by atoms with van der Waals surface area (Å²) in [5, 5.41) is 9.66. The number of aromatic nitrogens is 2. The molecule has 0 radical (unpaired) electrons. The first-order valence-electron chi connectivity index (χ1n) is 16.4. The van der Waals surface area contributed by atoms with E-state index in [-0.39, 0.29) is 18.6 Å². The third kappa shape index (κ3) is 6.58. The fourth-order valence-electron chi connectivity index (χ4n) is 7.23. The highest BCUT2D eigenvalue weighted by Crippen LogP contribution is 2.36. The van der Waals surface area contributed by atoms with Gasteiger partial charge in [-0.15, -0.1) is 0 Å². The molecule has 10 heteroatoms. The lowest BCUT2D eigenvalue weighted by Crippen LogP contribution is -2.56. The van der Waals surface area contributed by atoms with Crippen molar-refractivity contribution in [2.75, 3.05) is 56.2 Å². The number of nitrogens with zero attached hydrogens (tertiary/aromatic N) is 7.